The van der Waals surface area contributed by atoms with Crippen LogP contribution in [-0.2, 0) is 11.2 Å². The van der Waals surface area contributed by atoms with Crippen LogP contribution in [0.4, 0.5) is 5.69 Å². The Morgan fingerprint density at radius 1 is 1.12 bits per heavy atom. The molecule has 1 heterocycles. The van der Waals surface area contributed by atoms with E-state index in [-0.39, 0.29) is 11.3 Å². The normalized spacial score (nSPS) is 15.6. The molecule has 32 heavy (non-hydrogen) atoms. The molecule has 1 amide bonds. The van der Waals surface area contributed by atoms with Crippen molar-refractivity contribution in [2.45, 2.75) is 92.9 Å². The molecule has 0 fully saturated rings. The van der Waals surface area contributed by atoms with Crippen molar-refractivity contribution < 1.29 is 9.53 Å². The molecule has 3 rings (SSSR count). The highest BCUT2D eigenvalue weighted by Gasteiger charge is 2.32. The van der Waals surface area contributed by atoms with Crippen molar-refractivity contribution in [2.24, 2.45) is 5.41 Å². The van der Waals surface area contributed by atoms with Crippen molar-refractivity contribution in [1.82, 2.24) is 0 Å². The predicted octanol–water partition coefficient (Wildman–Crippen LogP) is 7.67. The molecule has 0 saturated carbocycles. The summed E-state index contributed by atoms with van der Waals surface area (Å²) >= 11 is 0. The minimum absolute atomic E-state index is 0.0442. The van der Waals surface area contributed by atoms with E-state index >= 15 is 0 Å². The Balaban J connectivity index is 2.04. The Labute approximate surface area is 195 Å². The number of rotatable bonds is 7. The van der Waals surface area contributed by atoms with Crippen molar-refractivity contribution in [1.29, 1.82) is 0 Å². The van der Waals surface area contributed by atoms with Gasteiger partial charge in [-0.05, 0) is 53.9 Å². The molecular weight excluding hydrogens is 394 g/mol. The molecule has 1 aliphatic rings. The quantitative estimate of drug-likeness (QED) is 0.484. The molecule has 0 aromatic heterocycles. The number of amides is 1. The van der Waals surface area contributed by atoms with Gasteiger partial charge in [0.15, 0.2) is 0 Å². The molecule has 0 aliphatic carbocycles. The highest BCUT2D eigenvalue weighted by molar-refractivity contribution is 5.93. The predicted molar refractivity (Wildman–Crippen MR) is 135 cm³/mol. The van der Waals surface area contributed by atoms with E-state index in [1.807, 2.05) is 0 Å². The van der Waals surface area contributed by atoms with Crippen LogP contribution in [0.2, 0.25) is 0 Å². The summed E-state index contributed by atoms with van der Waals surface area (Å²) < 4.78 is 6.32. The molecule has 3 heteroatoms. The second-order valence-corrected chi connectivity index (χ2v) is 11.0. The van der Waals surface area contributed by atoms with Crippen molar-refractivity contribution in [3.8, 4) is 5.75 Å². The summed E-state index contributed by atoms with van der Waals surface area (Å²) in [6.45, 7) is 18.0. The Hall–Kier alpha value is -2.29. The second kappa shape index (κ2) is 9.68. The summed E-state index contributed by atoms with van der Waals surface area (Å²) in [5.41, 5.74) is 8.40. The number of benzene rings is 2. The highest BCUT2D eigenvalue weighted by Crippen LogP contribution is 2.47. The van der Waals surface area contributed by atoms with Gasteiger partial charge in [0.05, 0.1) is 6.61 Å². The van der Waals surface area contributed by atoms with Crippen molar-refractivity contribution in [3.63, 3.8) is 0 Å². The molecular formula is C29H41NO2. The third-order valence-corrected chi connectivity index (χ3v) is 6.58. The molecule has 2 aromatic rings. The van der Waals surface area contributed by atoms with Gasteiger partial charge in [0.25, 0.3) is 0 Å². The third kappa shape index (κ3) is 5.36. The largest absolute Gasteiger partial charge is 0.492 e. The van der Waals surface area contributed by atoms with Gasteiger partial charge in [-0.15, -0.1) is 0 Å². The van der Waals surface area contributed by atoms with Gasteiger partial charge in [0.2, 0.25) is 5.91 Å². The molecule has 2 aromatic carbocycles. The van der Waals surface area contributed by atoms with Crippen LogP contribution >= 0.6 is 0 Å². The summed E-state index contributed by atoms with van der Waals surface area (Å²) in [7, 11) is 0. The van der Waals surface area contributed by atoms with Crippen molar-refractivity contribution >= 4 is 11.6 Å². The fourth-order valence-electron chi connectivity index (χ4n) is 4.86. The first kappa shape index (κ1) is 24.4. The number of hydrogen-bond donors (Lipinski definition) is 1. The summed E-state index contributed by atoms with van der Waals surface area (Å²) in [4.78, 5) is 12.9. The van der Waals surface area contributed by atoms with Gasteiger partial charge in [-0.3, -0.25) is 4.79 Å². The SMILES string of the molecule is CCCC1COc2c(Cc3ccc(C(C)C)cc3)c(C)c(NC(=O)CC(C)(C)C)c(C)c21. The Morgan fingerprint density at radius 3 is 2.34 bits per heavy atom. The molecule has 0 bridgehead atoms. The molecule has 1 atom stereocenters. The fourth-order valence-corrected chi connectivity index (χ4v) is 4.86. The van der Waals surface area contributed by atoms with Gasteiger partial charge in [-0.25, -0.2) is 0 Å². The van der Waals surface area contributed by atoms with Gasteiger partial charge >= 0.3 is 0 Å². The molecule has 1 unspecified atom stereocenters. The molecule has 0 saturated heterocycles. The minimum Gasteiger partial charge on any atom is -0.492 e. The maximum absolute atomic E-state index is 12.9. The molecule has 0 radical (unpaired) electrons. The summed E-state index contributed by atoms with van der Waals surface area (Å²) in [6, 6.07) is 8.93. The average Bonchev–Trinajstić information content (AvgIpc) is 3.11. The number of ether oxygens (including phenoxy) is 1. The Kier molecular flexibility index (Phi) is 7.37. The lowest BCUT2D eigenvalue weighted by Gasteiger charge is -2.23. The lowest BCUT2D eigenvalue weighted by Crippen LogP contribution is -2.21. The maximum Gasteiger partial charge on any atom is 0.224 e. The van der Waals surface area contributed by atoms with Crippen LogP contribution < -0.4 is 10.1 Å². The van der Waals surface area contributed by atoms with E-state index in [1.54, 1.807) is 0 Å². The number of anilines is 1. The van der Waals surface area contributed by atoms with E-state index in [4.69, 9.17) is 4.74 Å². The first-order valence-corrected chi connectivity index (χ1v) is 12.2. The molecule has 1 N–H and O–H groups in total. The number of carbonyl (C=O) groups excluding carboxylic acids is 1. The standard InChI is InChI=1S/C29H41NO2/c1-9-10-23-17-32-28-24(15-21-11-13-22(14-12-21)18(2)3)19(4)27(20(5)26(23)28)30-25(31)16-29(6,7)8/h11-14,18,23H,9-10,15-17H2,1-8H3,(H,30,31). The third-order valence-electron chi connectivity index (χ3n) is 6.58. The van der Waals surface area contributed by atoms with E-state index in [2.05, 4.69) is 85.0 Å². The smallest absolute Gasteiger partial charge is 0.224 e. The van der Waals surface area contributed by atoms with Gasteiger partial charge < -0.3 is 10.1 Å². The first-order chi connectivity index (χ1) is 15.0. The summed E-state index contributed by atoms with van der Waals surface area (Å²) in [5, 5.41) is 3.28. The monoisotopic (exact) mass is 435 g/mol. The van der Waals surface area contributed by atoms with Crippen LogP contribution in [0.1, 0.15) is 106 Å². The van der Waals surface area contributed by atoms with E-state index in [9.17, 15) is 4.79 Å². The average molecular weight is 436 g/mol. The number of hydrogen-bond acceptors (Lipinski definition) is 2. The highest BCUT2D eigenvalue weighted by atomic mass is 16.5. The Bertz CT molecular complexity index is 964. The molecule has 3 nitrogen and oxygen atoms in total. The van der Waals surface area contributed by atoms with Gasteiger partial charge in [-0.2, -0.15) is 0 Å². The van der Waals surface area contributed by atoms with Crippen LogP contribution in [-0.4, -0.2) is 12.5 Å². The van der Waals surface area contributed by atoms with Crippen LogP contribution in [0, 0.1) is 19.3 Å². The maximum atomic E-state index is 12.9. The van der Waals surface area contributed by atoms with Gasteiger partial charge in [0.1, 0.15) is 5.75 Å². The summed E-state index contributed by atoms with van der Waals surface area (Å²) in [5.74, 6) is 2.06. The number of nitrogens with one attached hydrogen (secondary N) is 1. The zero-order valence-corrected chi connectivity index (χ0v) is 21.3. The Morgan fingerprint density at radius 2 is 1.78 bits per heavy atom. The van der Waals surface area contributed by atoms with Crippen molar-refractivity contribution in [2.75, 3.05) is 11.9 Å². The van der Waals surface area contributed by atoms with Crippen LogP contribution in [0.25, 0.3) is 0 Å². The molecule has 0 spiro atoms. The van der Waals surface area contributed by atoms with E-state index in [1.165, 1.54) is 27.8 Å². The lowest BCUT2D eigenvalue weighted by atomic mass is 9.85. The van der Waals surface area contributed by atoms with Crippen LogP contribution in [0.5, 0.6) is 5.75 Å². The second-order valence-electron chi connectivity index (χ2n) is 11.0. The van der Waals surface area contributed by atoms with Gasteiger partial charge in [-0.1, -0.05) is 72.2 Å². The van der Waals surface area contributed by atoms with Crippen molar-refractivity contribution in [3.05, 3.63) is 57.6 Å². The lowest BCUT2D eigenvalue weighted by molar-refractivity contribution is -0.117. The van der Waals surface area contributed by atoms with E-state index < -0.39 is 0 Å². The van der Waals surface area contributed by atoms with Gasteiger partial charge in [0, 0.05) is 35.6 Å². The molecule has 1 aliphatic heterocycles. The topological polar surface area (TPSA) is 38.3 Å². The summed E-state index contributed by atoms with van der Waals surface area (Å²) in [6.07, 6.45) is 3.55. The minimum atomic E-state index is -0.0442. The fraction of sp³-hybridized carbons (Fsp3) is 0.552. The van der Waals surface area contributed by atoms with Crippen LogP contribution in [0.15, 0.2) is 24.3 Å². The zero-order valence-electron chi connectivity index (χ0n) is 21.3. The molecule has 174 valence electrons. The first-order valence-electron chi connectivity index (χ1n) is 12.2. The zero-order chi connectivity index (χ0) is 23.6. The number of fused-ring (bicyclic) bond motifs is 1. The van der Waals surface area contributed by atoms with E-state index in [0.29, 0.717) is 18.3 Å². The van der Waals surface area contributed by atoms with Crippen LogP contribution in [0.3, 0.4) is 0 Å². The van der Waals surface area contributed by atoms with E-state index in [0.717, 1.165) is 42.9 Å². The number of carbonyl (C=O) groups is 1.